The van der Waals surface area contributed by atoms with Gasteiger partial charge >= 0.3 is 5.97 Å². The molecule has 1 aliphatic heterocycles. The van der Waals surface area contributed by atoms with Crippen LogP contribution in [0.4, 0.5) is 5.13 Å². The summed E-state index contributed by atoms with van der Waals surface area (Å²) >= 11 is 1.21. The Morgan fingerprint density at radius 2 is 2.30 bits per heavy atom. The molecule has 1 aromatic rings. The van der Waals surface area contributed by atoms with Crippen LogP contribution in [0.3, 0.4) is 0 Å². The van der Waals surface area contributed by atoms with E-state index in [9.17, 15) is 9.59 Å². The first-order chi connectivity index (χ1) is 9.51. The summed E-state index contributed by atoms with van der Waals surface area (Å²) in [4.78, 5) is 29.9. The summed E-state index contributed by atoms with van der Waals surface area (Å²) in [6, 6.07) is 0. The molecule has 2 rings (SSSR count). The lowest BCUT2D eigenvalue weighted by Crippen LogP contribution is -2.19. The molecular formula is C13H19N3O3S. The lowest BCUT2D eigenvalue weighted by atomic mass is 10.1. The molecule has 0 bridgehead atoms. The maximum atomic E-state index is 11.6. The summed E-state index contributed by atoms with van der Waals surface area (Å²) in [5, 5.41) is 3.82. The van der Waals surface area contributed by atoms with Gasteiger partial charge in [0.05, 0.1) is 7.11 Å². The van der Waals surface area contributed by atoms with Crippen LogP contribution in [0.1, 0.15) is 33.5 Å². The molecular weight excluding hydrogens is 278 g/mol. The van der Waals surface area contributed by atoms with Crippen molar-refractivity contribution < 1.29 is 14.3 Å². The quantitative estimate of drug-likeness (QED) is 0.656. The van der Waals surface area contributed by atoms with Gasteiger partial charge in [-0.25, -0.2) is 9.78 Å². The highest BCUT2D eigenvalue weighted by Crippen LogP contribution is 2.25. The van der Waals surface area contributed by atoms with Crippen molar-refractivity contribution in [1.29, 1.82) is 0 Å². The maximum Gasteiger partial charge on any atom is 0.358 e. The zero-order valence-electron chi connectivity index (χ0n) is 11.9. The van der Waals surface area contributed by atoms with Gasteiger partial charge in [-0.3, -0.25) is 4.79 Å². The molecule has 0 aliphatic carbocycles. The number of hydrogen-bond donors (Lipinski definition) is 1. The smallest absolute Gasteiger partial charge is 0.358 e. The Morgan fingerprint density at radius 1 is 1.55 bits per heavy atom. The van der Waals surface area contributed by atoms with Crippen molar-refractivity contribution in [2.24, 2.45) is 5.92 Å². The number of nitrogens with one attached hydrogen (secondary N) is 1. The molecule has 1 fully saturated rings. The zero-order valence-corrected chi connectivity index (χ0v) is 12.7. The van der Waals surface area contributed by atoms with E-state index in [-0.39, 0.29) is 11.5 Å². The number of aromatic nitrogens is 1. The summed E-state index contributed by atoms with van der Waals surface area (Å²) in [7, 11) is 3.39. The molecule has 6 nitrogen and oxygen atoms in total. The van der Waals surface area contributed by atoms with Crippen LogP contribution in [0.2, 0.25) is 0 Å². The molecule has 110 valence electrons. The second-order valence-electron chi connectivity index (χ2n) is 5.04. The molecule has 7 heteroatoms. The lowest BCUT2D eigenvalue weighted by Gasteiger charge is -2.10. The number of ketones is 1. The van der Waals surface area contributed by atoms with Crippen LogP contribution in [-0.2, 0) is 4.74 Å². The Kier molecular flexibility index (Phi) is 4.72. The SMILES string of the molecule is COC(=O)c1nc(NCC2CCN(C)C2)sc1C(C)=O. The van der Waals surface area contributed by atoms with Crippen molar-refractivity contribution in [3.05, 3.63) is 10.6 Å². The minimum absolute atomic E-state index is 0.107. The average molecular weight is 297 g/mol. The second kappa shape index (κ2) is 6.32. The van der Waals surface area contributed by atoms with Gasteiger partial charge in [0, 0.05) is 20.0 Å². The van der Waals surface area contributed by atoms with E-state index < -0.39 is 5.97 Å². The van der Waals surface area contributed by atoms with Gasteiger partial charge in [0.25, 0.3) is 0 Å². The Hall–Kier alpha value is -1.47. The zero-order chi connectivity index (χ0) is 14.7. The summed E-state index contributed by atoms with van der Waals surface area (Å²) in [5.41, 5.74) is 0.107. The number of methoxy groups -OCH3 is 1. The van der Waals surface area contributed by atoms with E-state index in [2.05, 4.69) is 27.0 Å². The summed E-state index contributed by atoms with van der Waals surface area (Å²) in [6.07, 6.45) is 1.15. The van der Waals surface area contributed by atoms with Crippen molar-refractivity contribution in [1.82, 2.24) is 9.88 Å². The van der Waals surface area contributed by atoms with Gasteiger partial charge in [0.15, 0.2) is 16.6 Å². The van der Waals surface area contributed by atoms with Gasteiger partial charge in [0.2, 0.25) is 0 Å². The van der Waals surface area contributed by atoms with Gasteiger partial charge in [-0.1, -0.05) is 11.3 Å². The van der Waals surface area contributed by atoms with E-state index >= 15 is 0 Å². The first-order valence-electron chi connectivity index (χ1n) is 6.53. The normalized spacial score (nSPS) is 19.1. The monoisotopic (exact) mass is 297 g/mol. The highest BCUT2D eigenvalue weighted by atomic mass is 32.1. The highest BCUT2D eigenvalue weighted by Gasteiger charge is 2.23. The van der Waals surface area contributed by atoms with Gasteiger partial charge in [-0.15, -0.1) is 0 Å². The highest BCUT2D eigenvalue weighted by molar-refractivity contribution is 7.17. The van der Waals surface area contributed by atoms with Crippen molar-refractivity contribution in [2.45, 2.75) is 13.3 Å². The van der Waals surface area contributed by atoms with Crippen LogP contribution in [0.15, 0.2) is 0 Å². The molecule has 0 radical (unpaired) electrons. The minimum atomic E-state index is -0.569. The van der Waals surface area contributed by atoms with Crippen LogP contribution in [-0.4, -0.2) is 55.4 Å². The molecule has 0 aromatic carbocycles. The standard InChI is InChI=1S/C13H19N3O3S/c1-8(17)11-10(12(18)19-3)15-13(20-11)14-6-9-4-5-16(2)7-9/h9H,4-7H2,1-3H3,(H,14,15). The minimum Gasteiger partial charge on any atom is -0.464 e. The van der Waals surface area contributed by atoms with E-state index in [1.807, 2.05) is 0 Å². The predicted octanol–water partition coefficient (Wildman–Crippen LogP) is 1.50. The fourth-order valence-corrected chi connectivity index (χ4v) is 3.15. The lowest BCUT2D eigenvalue weighted by molar-refractivity contribution is 0.0591. The molecule has 0 amide bonds. The largest absolute Gasteiger partial charge is 0.464 e. The number of likely N-dealkylation sites (tertiary alicyclic amines) is 1. The molecule has 1 aliphatic rings. The number of Topliss-reactive ketones (excluding diaryl/α,β-unsaturated/α-hetero) is 1. The van der Waals surface area contributed by atoms with Crippen LogP contribution < -0.4 is 5.32 Å². The third-order valence-electron chi connectivity index (χ3n) is 3.36. The van der Waals surface area contributed by atoms with Crippen LogP contribution >= 0.6 is 11.3 Å². The van der Waals surface area contributed by atoms with Gasteiger partial charge in [-0.05, 0) is 25.9 Å². The molecule has 1 saturated heterocycles. The number of rotatable bonds is 5. The molecule has 1 atom stereocenters. The van der Waals surface area contributed by atoms with Crippen molar-refractivity contribution >= 4 is 28.2 Å². The number of carbonyl (C=O) groups excluding carboxylic acids is 2. The van der Waals surface area contributed by atoms with Crippen molar-refractivity contribution in [3.8, 4) is 0 Å². The molecule has 0 saturated carbocycles. The fourth-order valence-electron chi connectivity index (χ4n) is 2.29. The number of hydrogen-bond acceptors (Lipinski definition) is 7. The third kappa shape index (κ3) is 3.34. The van der Waals surface area contributed by atoms with E-state index in [0.29, 0.717) is 15.9 Å². The molecule has 0 spiro atoms. The average Bonchev–Trinajstić information content (AvgIpc) is 3.01. The van der Waals surface area contributed by atoms with E-state index in [1.165, 1.54) is 25.4 Å². The first-order valence-corrected chi connectivity index (χ1v) is 7.35. The number of carbonyl (C=O) groups is 2. The van der Waals surface area contributed by atoms with Gasteiger partial charge < -0.3 is 15.0 Å². The Balaban J connectivity index is 2.05. The second-order valence-corrected chi connectivity index (χ2v) is 6.04. The van der Waals surface area contributed by atoms with Gasteiger partial charge in [0.1, 0.15) is 4.88 Å². The molecule has 2 heterocycles. The topological polar surface area (TPSA) is 71.5 Å². The van der Waals surface area contributed by atoms with Crippen molar-refractivity contribution in [3.63, 3.8) is 0 Å². The Bertz CT molecular complexity index is 515. The van der Waals surface area contributed by atoms with Crippen molar-refractivity contribution in [2.75, 3.05) is 39.1 Å². The summed E-state index contributed by atoms with van der Waals surface area (Å²) in [5.74, 6) is -0.164. The number of thiazole rings is 1. The Labute approximate surface area is 122 Å². The number of esters is 1. The molecule has 1 N–H and O–H groups in total. The predicted molar refractivity (Wildman–Crippen MR) is 77.6 cm³/mol. The van der Waals surface area contributed by atoms with E-state index in [1.54, 1.807) is 0 Å². The summed E-state index contributed by atoms with van der Waals surface area (Å²) in [6.45, 7) is 4.39. The maximum absolute atomic E-state index is 11.6. The van der Waals surface area contributed by atoms with E-state index in [0.717, 1.165) is 26.1 Å². The molecule has 1 unspecified atom stereocenters. The third-order valence-corrected chi connectivity index (χ3v) is 4.47. The molecule has 20 heavy (non-hydrogen) atoms. The molecule has 1 aromatic heterocycles. The van der Waals surface area contributed by atoms with Crippen LogP contribution in [0.5, 0.6) is 0 Å². The first kappa shape index (κ1) is 14.9. The summed E-state index contributed by atoms with van der Waals surface area (Å²) < 4.78 is 4.65. The number of ether oxygens (including phenoxy) is 1. The fraction of sp³-hybridized carbons (Fsp3) is 0.615. The van der Waals surface area contributed by atoms with Crippen LogP contribution in [0.25, 0.3) is 0 Å². The number of nitrogens with zero attached hydrogens (tertiary/aromatic N) is 2. The van der Waals surface area contributed by atoms with E-state index in [4.69, 9.17) is 0 Å². The van der Waals surface area contributed by atoms with Gasteiger partial charge in [-0.2, -0.15) is 0 Å². The number of anilines is 1. The Morgan fingerprint density at radius 3 is 2.85 bits per heavy atom. The van der Waals surface area contributed by atoms with Crippen LogP contribution in [0, 0.1) is 5.92 Å².